The summed E-state index contributed by atoms with van der Waals surface area (Å²) in [5, 5.41) is 8.94. The molecule has 4 rings (SSSR count). The van der Waals surface area contributed by atoms with Crippen molar-refractivity contribution >= 4 is 28.2 Å². The van der Waals surface area contributed by atoms with Crippen LogP contribution in [-0.2, 0) is 11.5 Å². The van der Waals surface area contributed by atoms with Crippen molar-refractivity contribution in [2.75, 3.05) is 0 Å². The monoisotopic (exact) mass is 378 g/mol. The number of hydrogen-bond acceptors (Lipinski definition) is 7. The molecule has 2 heterocycles. The van der Waals surface area contributed by atoms with Crippen molar-refractivity contribution < 1.29 is 9.53 Å². The second-order valence-electron chi connectivity index (χ2n) is 5.77. The van der Waals surface area contributed by atoms with Crippen LogP contribution >= 0.6 is 11.3 Å². The van der Waals surface area contributed by atoms with E-state index in [9.17, 15) is 9.59 Å². The molecule has 0 aliphatic heterocycles. The van der Waals surface area contributed by atoms with Gasteiger partial charge in [0, 0.05) is 5.56 Å². The first-order chi connectivity index (χ1) is 13.1. The summed E-state index contributed by atoms with van der Waals surface area (Å²) < 4.78 is 6.29. The summed E-state index contributed by atoms with van der Waals surface area (Å²) in [6.07, 6.45) is 0. The average Bonchev–Trinajstić information content (AvgIpc) is 3.10. The fraction of sp³-hybridized carbons (Fsp3) is 0.105. The summed E-state index contributed by atoms with van der Waals surface area (Å²) in [7, 11) is 0. The standard InChI is InChI=1S/C19H14N4O3S/c1-12-16(27-17(20-12)13-7-3-2-4-8-13)19(25)26-11-23-18(24)14-9-5-6-10-15(14)21-22-23/h2-10H,11H2,1H3. The van der Waals surface area contributed by atoms with Gasteiger partial charge in [-0.3, -0.25) is 4.79 Å². The van der Waals surface area contributed by atoms with Crippen LogP contribution in [0.25, 0.3) is 21.5 Å². The molecule has 0 fully saturated rings. The van der Waals surface area contributed by atoms with Gasteiger partial charge in [-0.2, -0.15) is 4.68 Å². The minimum absolute atomic E-state index is 0.312. The Bertz CT molecular complexity index is 1180. The summed E-state index contributed by atoms with van der Waals surface area (Å²) in [5.41, 5.74) is 1.65. The first-order valence-corrected chi connectivity index (χ1v) is 8.97. The molecule has 0 amide bonds. The minimum Gasteiger partial charge on any atom is -0.438 e. The van der Waals surface area contributed by atoms with Crippen LogP contribution in [0.5, 0.6) is 0 Å². The number of ether oxygens (including phenoxy) is 1. The lowest BCUT2D eigenvalue weighted by Crippen LogP contribution is -2.26. The van der Waals surface area contributed by atoms with Crippen molar-refractivity contribution in [1.82, 2.24) is 20.0 Å². The molecule has 0 bridgehead atoms. The van der Waals surface area contributed by atoms with Gasteiger partial charge < -0.3 is 4.74 Å². The Balaban J connectivity index is 1.54. The predicted molar refractivity (Wildman–Crippen MR) is 102 cm³/mol. The van der Waals surface area contributed by atoms with Crippen molar-refractivity contribution in [2.24, 2.45) is 0 Å². The van der Waals surface area contributed by atoms with Crippen LogP contribution in [0.2, 0.25) is 0 Å². The van der Waals surface area contributed by atoms with Gasteiger partial charge in [-0.1, -0.05) is 47.7 Å². The van der Waals surface area contributed by atoms with Gasteiger partial charge in [0.25, 0.3) is 5.56 Å². The van der Waals surface area contributed by atoms with Gasteiger partial charge in [-0.25, -0.2) is 9.78 Å². The third-order valence-corrected chi connectivity index (χ3v) is 5.14. The van der Waals surface area contributed by atoms with E-state index in [0.717, 1.165) is 15.3 Å². The summed E-state index contributed by atoms with van der Waals surface area (Å²) >= 11 is 1.25. The number of aromatic nitrogens is 4. The molecule has 0 spiro atoms. The lowest BCUT2D eigenvalue weighted by Gasteiger charge is -2.05. The molecule has 134 valence electrons. The van der Waals surface area contributed by atoms with E-state index in [1.807, 2.05) is 30.3 Å². The number of benzene rings is 2. The molecule has 7 nitrogen and oxygen atoms in total. The van der Waals surface area contributed by atoms with Crippen LogP contribution in [0.4, 0.5) is 0 Å². The second-order valence-corrected chi connectivity index (χ2v) is 6.77. The van der Waals surface area contributed by atoms with E-state index in [1.54, 1.807) is 31.2 Å². The van der Waals surface area contributed by atoms with Crippen LogP contribution in [-0.4, -0.2) is 25.9 Å². The maximum Gasteiger partial charge on any atom is 0.352 e. The second kappa shape index (κ2) is 7.08. The molecule has 0 aliphatic carbocycles. The van der Waals surface area contributed by atoms with E-state index in [4.69, 9.17) is 4.74 Å². The number of carbonyl (C=O) groups is 1. The normalized spacial score (nSPS) is 10.9. The SMILES string of the molecule is Cc1nc(-c2ccccc2)sc1C(=O)OCn1nnc2ccccc2c1=O. The maximum atomic E-state index is 12.4. The highest BCUT2D eigenvalue weighted by Crippen LogP contribution is 2.28. The number of esters is 1. The van der Waals surface area contributed by atoms with E-state index in [0.29, 0.717) is 21.5 Å². The molecule has 0 unspecified atom stereocenters. The molecule has 4 aromatic rings. The van der Waals surface area contributed by atoms with Gasteiger partial charge in [-0.15, -0.1) is 16.4 Å². The zero-order valence-electron chi connectivity index (χ0n) is 14.3. The molecule has 2 aromatic heterocycles. The van der Waals surface area contributed by atoms with Crippen LogP contribution in [0.3, 0.4) is 0 Å². The number of thiazole rings is 1. The van der Waals surface area contributed by atoms with E-state index in [2.05, 4.69) is 15.3 Å². The average molecular weight is 378 g/mol. The Labute approximate surface area is 157 Å². The van der Waals surface area contributed by atoms with Crippen molar-refractivity contribution in [3.05, 3.63) is 75.5 Å². The first kappa shape index (κ1) is 17.0. The fourth-order valence-corrected chi connectivity index (χ4v) is 3.55. The number of fused-ring (bicyclic) bond motifs is 1. The number of aryl methyl sites for hydroxylation is 1. The molecule has 8 heteroatoms. The fourth-order valence-electron chi connectivity index (χ4n) is 2.58. The molecule has 0 atom stereocenters. The predicted octanol–water partition coefficient (Wildman–Crippen LogP) is 3.04. The zero-order chi connectivity index (χ0) is 18.8. The highest BCUT2D eigenvalue weighted by atomic mass is 32.1. The molecule has 27 heavy (non-hydrogen) atoms. The molecule has 0 N–H and O–H groups in total. The van der Waals surface area contributed by atoms with E-state index in [1.165, 1.54) is 11.3 Å². The number of nitrogens with zero attached hydrogens (tertiary/aromatic N) is 4. The van der Waals surface area contributed by atoms with Crippen molar-refractivity contribution in [3.8, 4) is 10.6 Å². The van der Waals surface area contributed by atoms with Gasteiger partial charge >= 0.3 is 5.97 Å². The molecular weight excluding hydrogens is 364 g/mol. The maximum absolute atomic E-state index is 12.4. The molecule has 0 radical (unpaired) electrons. The van der Waals surface area contributed by atoms with Crippen LogP contribution in [0, 0.1) is 6.92 Å². The zero-order valence-corrected chi connectivity index (χ0v) is 15.1. The van der Waals surface area contributed by atoms with E-state index < -0.39 is 5.97 Å². The topological polar surface area (TPSA) is 87.0 Å². The molecule has 0 aliphatic rings. The quantitative estimate of drug-likeness (QED) is 0.507. The summed E-state index contributed by atoms with van der Waals surface area (Å²) in [5.74, 6) is -0.547. The van der Waals surface area contributed by atoms with E-state index in [-0.39, 0.29) is 12.3 Å². The first-order valence-electron chi connectivity index (χ1n) is 8.16. The summed E-state index contributed by atoms with van der Waals surface area (Å²) in [6, 6.07) is 16.5. The molecule has 2 aromatic carbocycles. The molecular formula is C19H14N4O3S. The van der Waals surface area contributed by atoms with Crippen LogP contribution in [0.1, 0.15) is 15.4 Å². The van der Waals surface area contributed by atoms with Gasteiger partial charge in [0.1, 0.15) is 15.4 Å². The Hall–Kier alpha value is -3.39. The van der Waals surface area contributed by atoms with Crippen molar-refractivity contribution in [2.45, 2.75) is 13.7 Å². The third-order valence-electron chi connectivity index (χ3n) is 3.95. The van der Waals surface area contributed by atoms with Crippen LogP contribution in [0.15, 0.2) is 59.4 Å². The largest absolute Gasteiger partial charge is 0.438 e. The van der Waals surface area contributed by atoms with Gasteiger partial charge in [0.15, 0.2) is 6.73 Å². The smallest absolute Gasteiger partial charge is 0.352 e. The van der Waals surface area contributed by atoms with Crippen LogP contribution < -0.4 is 5.56 Å². The molecule has 0 saturated carbocycles. The Kier molecular flexibility index (Phi) is 4.47. The highest BCUT2D eigenvalue weighted by molar-refractivity contribution is 7.17. The summed E-state index contributed by atoms with van der Waals surface area (Å²) in [6.45, 7) is 1.44. The Morgan fingerprint density at radius 1 is 1.11 bits per heavy atom. The Morgan fingerprint density at radius 2 is 1.85 bits per heavy atom. The molecule has 0 saturated heterocycles. The van der Waals surface area contributed by atoms with Gasteiger partial charge in [0.05, 0.1) is 11.1 Å². The van der Waals surface area contributed by atoms with E-state index >= 15 is 0 Å². The Morgan fingerprint density at radius 3 is 2.67 bits per heavy atom. The summed E-state index contributed by atoms with van der Waals surface area (Å²) in [4.78, 5) is 29.7. The highest BCUT2D eigenvalue weighted by Gasteiger charge is 2.18. The number of hydrogen-bond donors (Lipinski definition) is 0. The van der Waals surface area contributed by atoms with Gasteiger partial charge in [-0.05, 0) is 19.1 Å². The van der Waals surface area contributed by atoms with Crippen molar-refractivity contribution in [1.29, 1.82) is 0 Å². The lowest BCUT2D eigenvalue weighted by molar-refractivity contribution is 0.0341. The number of rotatable bonds is 4. The number of carbonyl (C=O) groups excluding carboxylic acids is 1. The minimum atomic E-state index is -0.547. The third kappa shape index (κ3) is 3.34. The van der Waals surface area contributed by atoms with Crippen molar-refractivity contribution in [3.63, 3.8) is 0 Å². The van der Waals surface area contributed by atoms with Gasteiger partial charge in [0.2, 0.25) is 0 Å². The lowest BCUT2D eigenvalue weighted by atomic mass is 10.2.